The van der Waals surface area contributed by atoms with Gasteiger partial charge in [0.2, 0.25) is 5.75 Å². The smallest absolute Gasteiger partial charge is 0.416 e. The van der Waals surface area contributed by atoms with Crippen molar-refractivity contribution in [2.24, 2.45) is 0 Å². The molecule has 1 amide bonds. The number of carbonyl (C=O) groups excluding carboxylic acids is 1. The number of anilines is 1. The summed E-state index contributed by atoms with van der Waals surface area (Å²) in [6.07, 6.45) is -3.22. The Balaban J connectivity index is 0.000000637. The van der Waals surface area contributed by atoms with Crippen LogP contribution in [-0.4, -0.2) is 130 Å². The molecule has 2 aliphatic heterocycles. The Kier molecular flexibility index (Phi) is 13.1. The van der Waals surface area contributed by atoms with E-state index >= 15 is 0 Å². The fourth-order valence-corrected chi connectivity index (χ4v) is 5.10. The Bertz CT molecular complexity index is 1330. The second-order valence-corrected chi connectivity index (χ2v) is 10.4. The number of benzene rings is 2. The van der Waals surface area contributed by atoms with E-state index in [1.54, 1.807) is 18.2 Å². The number of hydrogen-bond donors (Lipinski definition) is 2. The largest absolute Gasteiger partial charge is 0.493 e. The van der Waals surface area contributed by atoms with Crippen molar-refractivity contribution >= 4 is 23.5 Å². The van der Waals surface area contributed by atoms with Crippen molar-refractivity contribution in [3.63, 3.8) is 0 Å². The van der Waals surface area contributed by atoms with E-state index < -0.39 is 23.7 Å². The third kappa shape index (κ3) is 10.3. The minimum absolute atomic E-state index is 0.0744. The first-order valence-electron chi connectivity index (χ1n) is 14.5. The molecular formula is C31H39F3N4O8. The lowest BCUT2D eigenvalue weighted by Gasteiger charge is -2.39. The van der Waals surface area contributed by atoms with Gasteiger partial charge in [0.05, 0.1) is 26.9 Å². The fourth-order valence-electron chi connectivity index (χ4n) is 5.10. The summed E-state index contributed by atoms with van der Waals surface area (Å²) in [6.45, 7) is 7.56. The molecule has 0 atom stereocenters. The van der Waals surface area contributed by atoms with E-state index in [4.69, 9.17) is 24.4 Å². The van der Waals surface area contributed by atoms with Gasteiger partial charge < -0.3 is 34.2 Å². The molecule has 2 aromatic rings. The molecule has 0 bridgehead atoms. The number of ether oxygens (including phenoxy) is 3. The Morgan fingerprint density at radius 2 is 1.26 bits per heavy atom. The van der Waals surface area contributed by atoms with E-state index in [0.717, 1.165) is 45.3 Å². The molecule has 12 nitrogen and oxygen atoms in total. The molecule has 0 aromatic heterocycles. The van der Waals surface area contributed by atoms with Crippen LogP contribution in [0.1, 0.15) is 15.9 Å². The first-order chi connectivity index (χ1) is 21.9. The van der Waals surface area contributed by atoms with Crippen LogP contribution in [0.5, 0.6) is 17.2 Å². The summed E-state index contributed by atoms with van der Waals surface area (Å²) >= 11 is 0. The second kappa shape index (κ2) is 16.7. The molecule has 0 aliphatic carbocycles. The van der Waals surface area contributed by atoms with Gasteiger partial charge in [-0.15, -0.1) is 0 Å². The summed E-state index contributed by atoms with van der Waals surface area (Å²) < 4.78 is 55.3. The molecule has 2 aromatic carbocycles. The molecule has 0 radical (unpaired) electrons. The summed E-state index contributed by atoms with van der Waals surface area (Å²) in [6, 6.07) is 8.90. The van der Waals surface area contributed by atoms with Crippen LogP contribution in [0.2, 0.25) is 0 Å². The molecule has 0 saturated carbocycles. The number of carboxylic acids is 2. The number of hydrogen-bond acceptors (Lipinski definition) is 9. The quantitative estimate of drug-likeness (QED) is 0.367. The van der Waals surface area contributed by atoms with Crippen molar-refractivity contribution in [3.8, 4) is 17.2 Å². The number of nitrogens with zero attached hydrogens (tertiary/aromatic N) is 4. The van der Waals surface area contributed by atoms with Gasteiger partial charge in [0, 0.05) is 88.9 Å². The van der Waals surface area contributed by atoms with Crippen molar-refractivity contribution in [2.45, 2.75) is 6.18 Å². The lowest BCUT2D eigenvalue weighted by molar-refractivity contribution is -0.137. The lowest BCUT2D eigenvalue weighted by Crippen LogP contribution is -2.52. The first-order valence-corrected chi connectivity index (χ1v) is 14.5. The predicted octanol–water partition coefficient (Wildman–Crippen LogP) is 3.02. The van der Waals surface area contributed by atoms with Crippen LogP contribution >= 0.6 is 0 Å². The fraction of sp³-hybridized carbons (Fsp3) is 0.452. The van der Waals surface area contributed by atoms with Crippen LogP contribution in [0.4, 0.5) is 18.9 Å². The second-order valence-electron chi connectivity index (χ2n) is 10.4. The van der Waals surface area contributed by atoms with Gasteiger partial charge in [-0.1, -0.05) is 6.07 Å². The highest BCUT2D eigenvalue weighted by Crippen LogP contribution is 2.38. The standard InChI is InChI=1S/C27H35F3N4O4.C4H4O4/c1-36-23-17-20(18-24(37-2)25(23)38-3)26(35)34-15-11-32(12-16-34)8-7-31-9-13-33(14-10-31)22-6-4-5-21(19-22)27(28,29)30;5-3(6)1-2-4(7)8/h4-6,17-19H,7-16H2,1-3H3;1-2H,(H,5,6)(H,7,8)/b;2-1+. The summed E-state index contributed by atoms with van der Waals surface area (Å²) in [5.74, 6) is -1.24. The van der Waals surface area contributed by atoms with Gasteiger partial charge in [0.15, 0.2) is 11.5 Å². The van der Waals surface area contributed by atoms with Crippen molar-refractivity contribution in [3.05, 3.63) is 59.7 Å². The highest BCUT2D eigenvalue weighted by molar-refractivity contribution is 5.95. The monoisotopic (exact) mass is 652 g/mol. The van der Waals surface area contributed by atoms with Gasteiger partial charge in [-0.2, -0.15) is 13.2 Å². The molecule has 0 spiro atoms. The molecule has 4 rings (SSSR count). The molecule has 2 saturated heterocycles. The van der Waals surface area contributed by atoms with Gasteiger partial charge in [-0.05, 0) is 30.3 Å². The summed E-state index contributed by atoms with van der Waals surface area (Å²) in [5, 5.41) is 15.6. The van der Waals surface area contributed by atoms with E-state index in [1.165, 1.54) is 33.5 Å². The highest BCUT2D eigenvalue weighted by Gasteiger charge is 2.31. The van der Waals surface area contributed by atoms with E-state index in [2.05, 4.69) is 9.80 Å². The van der Waals surface area contributed by atoms with E-state index in [0.29, 0.717) is 66.8 Å². The van der Waals surface area contributed by atoms with Crippen LogP contribution < -0.4 is 19.1 Å². The van der Waals surface area contributed by atoms with Crippen molar-refractivity contribution in [1.82, 2.24) is 14.7 Å². The number of aliphatic carboxylic acids is 2. The molecule has 2 heterocycles. The van der Waals surface area contributed by atoms with Crippen molar-refractivity contribution < 1.29 is 52.0 Å². The zero-order chi connectivity index (χ0) is 33.9. The minimum atomic E-state index is -4.33. The van der Waals surface area contributed by atoms with Crippen molar-refractivity contribution in [1.29, 1.82) is 0 Å². The summed E-state index contributed by atoms with van der Waals surface area (Å²) in [7, 11) is 4.57. The lowest BCUT2D eigenvalue weighted by atomic mass is 10.1. The van der Waals surface area contributed by atoms with E-state index in [9.17, 15) is 27.6 Å². The summed E-state index contributed by atoms with van der Waals surface area (Å²) in [5.41, 5.74) is 0.499. The molecule has 46 heavy (non-hydrogen) atoms. The van der Waals surface area contributed by atoms with Crippen molar-refractivity contribution in [2.75, 3.05) is 91.7 Å². The molecule has 252 valence electrons. The number of piperazine rings is 2. The number of methoxy groups -OCH3 is 3. The van der Waals surface area contributed by atoms with Crippen LogP contribution in [-0.2, 0) is 15.8 Å². The van der Waals surface area contributed by atoms with E-state index in [-0.39, 0.29) is 5.91 Å². The average Bonchev–Trinajstić information content (AvgIpc) is 3.05. The topological polar surface area (TPSA) is 132 Å². The Morgan fingerprint density at radius 3 is 1.70 bits per heavy atom. The van der Waals surface area contributed by atoms with Gasteiger partial charge in [-0.3, -0.25) is 14.6 Å². The first kappa shape index (κ1) is 36.0. The number of halogens is 3. The summed E-state index contributed by atoms with van der Waals surface area (Å²) in [4.78, 5) is 40.8. The molecule has 15 heteroatoms. The number of amides is 1. The Hall–Kier alpha value is -4.50. The average molecular weight is 653 g/mol. The predicted molar refractivity (Wildman–Crippen MR) is 163 cm³/mol. The zero-order valence-electron chi connectivity index (χ0n) is 26.0. The van der Waals surface area contributed by atoms with Crippen LogP contribution in [0, 0.1) is 0 Å². The molecule has 0 unspecified atom stereocenters. The number of carboxylic acid groups (broad SMARTS) is 2. The van der Waals surface area contributed by atoms with Gasteiger partial charge in [-0.25, -0.2) is 9.59 Å². The number of carbonyl (C=O) groups is 3. The maximum Gasteiger partial charge on any atom is 0.416 e. The molecule has 2 aliphatic rings. The van der Waals surface area contributed by atoms with Gasteiger partial charge in [0.25, 0.3) is 5.91 Å². The van der Waals surface area contributed by atoms with Gasteiger partial charge in [0.1, 0.15) is 0 Å². The molecular weight excluding hydrogens is 613 g/mol. The number of alkyl halides is 3. The van der Waals surface area contributed by atoms with Crippen LogP contribution in [0.25, 0.3) is 0 Å². The SMILES string of the molecule is COc1cc(C(=O)N2CCN(CCN3CCN(c4cccc(C(F)(F)F)c4)CC3)CC2)cc(OC)c1OC.O=C(O)/C=C/C(=O)O. The Morgan fingerprint density at radius 1 is 0.761 bits per heavy atom. The third-order valence-corrected chi connectivity index (χ3v) is 7.58. The maximum absolute atomic E-state index is 13.2. The normalized spacial score (nSPS) is 16.0. The van der Waals surface area contributed by atoms with Gasteiger partial charge >= 0.3 is 18.1 Å². The zero-order valence-corrected chi connectivity index (χ0v) is 26.0. The van der Waals surface area contributed by atoms with Crippen LogP contribution in [0.15, 0.2) is 48.6 Å². The maximum atomic E-state index is 13.2. The minimum Gasteiger partial charge on any atom is -0.493 e. The Labute approximate surface area is 265 Å². The third-order valence-electron chi connectivity index (χ3n) is 7.58. The number of rotatable bonds is 10. The molecule has 2 N–H and O–H groups in total. The van der Waals surface area contributed by atoms with Crippen LogP contribution in [0.3, 0.4) is 0 Å². The van der Waals surface area contributed by atoms with E-state index in [1.807, 2.05) is 9.80 Å². The molecule has 2 fully saturated rings. The highest BCUT2D eigenvalue weighted by atomic mass is 19.4.